The molecule has 1 aliphatic rings. The number of piperazine rings is 1. The molecule has 0 bridgehead atoms. The first kappa shape index (κ1) is 20.9. The molecule has 0 atom stereocenters. The predicted octanol–water partition coefficient (Wildman–Crippen LogP) is 4.24. The Kier molecular flexibility index (Phi) is 5.42. The molecule has 0 aliphatic carbocycles. The summed E-state index contributed by atoms with van der Waals surface area (Å²) in [7, 11) is 0. The van der Waals surface area contributed by atoms with Crippen molar-refractivity contribution in [1.29, 1.82) is 0 Å². The molecule has 0 N–H and O–H groups in total. The number of amides is 2. The van der Waals surface area contributed by atoms with E-state index in [2.05, 4.69) is 5.10 Å². The van der Waals surface area contributed by atoms with Crippen LogP contribution >= 0.6 is 0 Å². The molecule has 5 rings (SSSR count). The van der Waals surface area contributed by atoms with Gasteiger partial charge in [0.2, 0.25) is 0 Å². The van der Waals surface area contributed by atoms with Crippen LogP contribution in [0, 0.1) is 13.8 Å². The number of aromatic nitrogens is 2. The van der Waals surface area contributed by atoms with Crippen molar-refractivity contribution in [3.8, 4) is 5.69 Å². The van der Waals surface area contributed by atoms with E-state index in [4.69, 9.17) is 0 Å². The molecule has 2 amide bonds. The number of nitrogens with zero attached hydrogens (tertiary/aromatic N) is 4. The molecular weight excluding hydrogens is 412 g/mol. The Morgan fingerprint density at radius 2 is 1.45 bits per heavy atom. The monoisotopic (exact) mass is 438 g/mol. The van der Waals surface area contributed by atoms with E-state index in [0.717, 1.165) is 27.7 Å². The first-order valence-corrected chi connectivity index (χ1v) is 11.2. The maximum atomic E-state index is 13.2. The number of rotatable bonds is 3. The standard InChI is InChI=1S/C27H26N4O2/c1-19-6-5-9-24(16-19)31-20(2)25(18-28-31)27(33)30-14-12-29(13-15-30)26(32)23-11-10-21-7-3-4-8-22(21)17-23/h3-11,16-18H,12-15H2,1-2H3. The third-order valence-corrected chi connectivity index (χ3v) is 6.34. The van der Waals surface area contributed by atoms with Gasteiger partial charge in [-0.15, -0.1) is 0 Å². The SMILES string of the molecule is Cc1cccc(-n2ncc(C(=O)N3CCN(C(=O)c4ccc5ccccc5c4)CC3)c2C)c1. The number of fused-ring (bicyclic) bond motifs is 1. The summed E-state index contributed by atoms with van der Waals surface area (Å²) >= 11 is 0. The van der Waals surface area contributed by atoms with E-state index in [9.17, 15) is 9.59 Å². The number of benzene rings is 3. The lowest BCUT2D eigenvalue weighted by molar-refractivity contribution is 0.0535. The lowest BCUT2D eigenvalue weighted by Crippen LogP contribution is -2.50. The Morgan fingerprint density at radius 3 is 2.18 bits per heavy atom. The van der Waals surface area contributed by atoms with Crippen LogP contribution in [0.5, 0.6) is 0 Å². The van der Waals surface area contributed by atoms with Crippen molar-refractivity contribution in [3.05, 3.63) is 95.3 Å². The third-order valence-electron chi connectivity index (χ3n) is 6.34. The van der Waals surface area contributed by atoms with Crippen molar-refractivity contribution >= 4 is 22.6 Å². The first-order chi connectivity index (χ1) is 16.0. The van der Waals surface area contributed by atoms with Crippen molar-refractivity contribution in [2.75, 3.05) is 26.2 Å². The van der Waals surface area contributed by atoms with Gasteiger partial charge in [-0.1, -0.05) is 42.5 Å². The summed E-state index contributed by atoms with van der Waals surface area (Å²) in [5.41, 5.74) is 4.19. The summed E-state index contributed by atoms with van der Waals surface area (Å²) < 4.78 is 1.81. The zero-order valence-corrected chi connectivity index (χ0v) is 18.9. The molecule has 1 saturated heterocycles. The second-order valence-electron chi connectivity index (χ2n) is 8.54. The van der Waals surface area contributed by atoms with E-state index in [1.54, 1.807) is 10.9 Å². The first-order valence-electron chi connectivity index (χ1n) is 11.2. The molecule has 1 aromatic heterocycles. The van der Waals surface area contributed by atoms with Gasteiger partial charge in [-0.25, -0.2) is 4.68 Å². The van der Waals surface area contributed by atoms with E-state index in [1.807, 2.05) is 90.4 Å². The molecule has 3 aromatic carbocycles. The summed E-state index contributed by atoms with van der Waals surface area (Å²) in [6, 6.07) is 21.9. The van der Waals surface area contributed by atoms with E-state index >= 15 is 0 Å². The highest BCUT2D eigenvalue weighted by Crippen LogP contribution is 2.20. The maximum absolute atomic E-state index is 13.2. The van der Waals surface area contributed by atoms with Gasteiger partial charge in [-0.3, -0.25) is 9.59 Å². The molecule has 6 nitrogen and oxygen atoms in total. The van der Waals surface area contributed by atoms with Crippen molar-refractivity contribution < 1.29 is 9.59 Å². The van der Waals surface area contributed by atoms with Gasteiger partial charge in [0.1, 0.15) is 0 Å². The highest BCUT2D eigenvalue weighted by Gasteiger charge is 2.27. The van der Waals surface area contributed by atoms with E-state index in [0.29, 0.717) is 37.3 Å². The van der Waals surface area contributed by atoms with Crippen molar-refractivity contribution in [2.24, 2.45) is 0 Å². The quantitative estimate of drug-likeness (QED) is 0.481. The fourth-order valence-corrected chi connectivity index (χ4v) is 4.43. The van der Waals surface area contributed by atoms with Gasteiger partial charge in [0, 0.05) is 31.7 Å². The van der Waals surface area contributed by atoms with Crippen LogP contribution in [0.3, 0.4) is 0 Å². The summed E-state index contributed by atoms with van der Waals surface area (Å²) in [5, 5.41) is 6.63. The van der Waals surface area contributed by atoms with Crippen molar-refractivity contribution in [3.63, 3.8) is 0 Å². The van der Waals surface area contributed by atoms with Crippen LogP contribution in [0.25, 0.3) is 16.5 Å². The second kappa shape index (κ2) is 8.54. The van der Waals surface area contributed by atoms with Gasteiger partial charge in [0.25, 0.3) is 11.8 Å². The van der Waals surface area contributed by atoms with Crippen LogP contribution in [-0.2, 0) is 0 Å². The fourth-order valence-electron chi connectivity index (χ4n) is 4.43. The van der Waals surface area contributed by atoms with E-state index in [1.165, 1.54) is 0 Å². The van der Waals surface area contributed by atoms with Gasteiger partial charge in [-0.2, -0.15) is 5.10 Å². The minimum atomic E-state index is -0.0378. The van der Waals surface area contributed by atoms with Gasteiger partial charge in [-0.05, 0) is 54.4 Å². The highest BCUT2D eigenvalue weighted by molar-refractivity contribution is 5.99. The van der Waals surface area contributed by atoms with Crippen molar-refractivity contribution in [2.45, 2.75) is 13.8 Å². The predicted molar refractivity (Wildman–Crippen MR) is 129 cm³/mol. The zero-order chi connectivity index (χ0) is 22.9. The molecule has 0 spiro atoms. The Morgan fingerprint density at radius 1 is 0.758 bits per heavy atom. The lowest BCUT2D eigenvalue weighted by atomic mass is 10.1. The van der Waals surface area contributed by atoms with Crippen LogP contribution in [0.15, 0.2) is 72.9 Å². The minimum Gasteiger partial charge on any atom is -0.335 e. The van der Waals surface area contributed by atoms with E-state index in [-0.39, 0.29) is 11.8 Å². The Balaban J connectivity index is 1.27. The molecule has 1 fully saturated rings. The second-order valence-corrected chi connectivity index (χ2v) is 8.54. The molecule has 6 heteroatoms. The van der Waals surface area contributed by atoms with Crippen LogP contribution < -0.4 is 0 Å². The van der Waals surface area contributed by atoms with Gasteiger partial charge in [0.05, 0.1) is 23.1 Å². The molecule has 0 radical (unpaired) electrons. The smallest absolute Gasteiger partial charge is 0.257 e. The zero-order valence-electron chi connectivity index (χ0n) is 18.9. The molecule has 166 valence electrons. The fraction of sp³-hybridized carbons (Fsp3) is 0.222. The maximum Gasteiger partial charge on any atom is 0.257 e. The summed E-state index contributed by atoms with van der Waals surface area (Å²) in [6.07, 6.45) is 1.65. The summed E-state index contributed by atoms with van der Waals surface area (Å²) in [6.45, 7) is 6.00. The Hall–Kier alpha value is -3.93. The topological polar surface area (TPSA) is 58.4 Å². The minimum absolute atomic E-state index is 0.0105. The summed E-state index contributed by atoms with van der Waals surface area (Å²) in [5.74, 6) is -0.0273. The molecular formula is C27H26N4O2. The third kappa shape index (κ3) is 4.00. The van der Waals surface area contributed by atoms with Crippen LogP contribution in [0.2, 0.25) is 0 Å². The molecule has 2 heterocycles. The molecule has 4 aromatic rings. The Bertz CT molecular complexity index is 1350. The highest BCUT2D eigenvalue weighted by atomic mass is 16.2. The number of aryl methyl sites for hydroxylation is 1. The summed E-state index contributed by atoms with van der Waals surface area (Å²) in [4.78, 5) is 29.9. The number of hydrogen-bond acceptors (Lipinski definition) is 3. The number of hydrogen-bond donors (Lipinski definition) is 0. The van der Waals surface area contributed by atoms with E-state index < -0.39 is 0 Å². The lowest BCUT2D eigenvalue weighted by Gasteiger charge is -2.34. The molecule has 0 saturated carbocycles. The van der Waals surface area contributed by atoms with Crippen LogP contribution in [0.4, 0.5) is 0 Å². The average Bonchev–Trinajstić information content (AvgIpc) is 3.24. The van der Waals surface area contributed by atoms with Gasteiger partial charge < -0.3 is 9.80 Å². The molecule has 1 aliphatic heterocycles. The number of carbonyl (C=O) groups excluding carboxylic acids is 2. The van der Waals surface area contributed by atoms with Gasteiger partial charge in [0.15, 0.2) is 0 Å². The van der Waals surface area contributed by atoms with Crippen LogP contribution in [-0.4, -0.2) is 57.6 Å². The van der Waals surface area contributed by atoms with Crippen molar-refractivity contribution in [1.82, 2.24) is 19.6 Å². The average molecular weight is 439 g/mol. The van der Waals surface area contributed by atoms with Crippen LogP contribution in [0.1, 0.15) is 32.0 Å². The normalized spacial score (nSPS) is 14.0. The Labute approximate surface area is 193 Å². The molecule has 0 unspecified atom stereocenters. The molecule has 33 heavy (non-hydrogen) atoms. The van der Waals surface area contributed by atoms with Gasteiger partial charge >= 0.3 is 0 Å². The number of carbonyl (C=O) groups is 2. The largest absolute Gasteiger partial charge is 0.335 e.